The summed E-state index contributed by atoms with van der Waals surface area (Å²) in [6.07, 6.45) is 0.809. The fraction of sp³-hybridized carbons (Fsp3) is 0.321. The number of aromatic nitrogens is 1. The van der Waals surface area contributed by atoms with Crippen molar-refractivity contribution in [2.75, 3.05) is 13.2 Å². The number of hydrogen-bond acceptors (Lipinski definition) is 7. The van der Waals surface area contributed by atoms with Crippen molar-refractivity contribution in [3.05, 3.63) is 88.6 Å². The van der Waals surface area contributed by atoms with Crippen molar-refractivity contribution in [2.45, 2.75) is 44.9 Å². The van der Waals surface area contributed by atoms with Gasteiger partial charge in [0, 0.05) is 11.2 Å². The minimum atomic E-state index is -1.04. The second-order valence-corrected chi connectivity index (χ2v) is 9.94. The summed E-state index contributed by atoms with van der Waals surface area (Å²) in [6.45, 7) is 4.80. The Morgan fingerprint density at radius 3 is 2.49 bits per heavy atom. The van der Waals surface area contributed by atoms with Crippen LogP contribution >= 0.6 is 11.6 Å². The standard InChI is InChI=1S/C28H31ClN2O6/c1-28(2,3)37-27(35)31(16-25(34)20-6-4-8-22(29)15-20)23(18-33)14-19-9-11-24(12-10-19)36-26-21(17-32)7-5-13-30-26/h4-13,15,17,23,25,33-34H,14,16,18H2,1-3H3/t23-,25+/m0/s1. The average molecular weight is 527 g/mol. The lowest BCUT2D eigenvalue weighted by Crippen LogP contribution is -2.48. The summed E-state index contributed by atoms with van der Waals surface area (Å²) < 4.78 is 11.3. The zero-order valence-corrected chi connectivity index (χ0v) is 21.8. The van der Waals surface area contributed by atoms with Gasteiger partial charge in [-0.3, -0.25) is 9.69 Å². The predicted molar refractivity (Wildman–Crippen MR) is 140 cm³/mol. The van der Waals surface area contributed by atoms with Gasteiger partial charge < -0.3 is 19.7 Å². The number of carbonyl (C=O) groups excluding carboxylic acids is 2. The number of ether oxygens (including phenoxy) is 2. The van der Waals surface area contributed by atoms with Gasteiger partial charge in [0.2, 0.25) is 5.88 Å². The Hall–Kier alpha value is -3.46. The van der Waals surface area contributed by atoms with Crippen molar-refractivity contribution in [3.8, 4) is 11.6 Å². The predicted octanol–water partition coefficient (Wildman–Crippen LogP) is 5.21. The van der Waals surface area contributed by atoms with Crippen LogP contribution in [0.2, 0.25) is 5.02 Å². The lowest BCUT2D eigenvalue weighted by molar-refractivity contribution is -0.00373. The first-order valence-corrected chi connectivity index (χ1v) is 12.2. The number of benzene rings is 2. The summed E-state index contributed by atoms with van der Waals surface area (Å²) in [5.74, 6) is 0.677. The van der Waals surface area contributed by atoms with Gasteiger partial charge in [-0.1, -0.05) is 35.9 Å². The maximum absolute atomic E-state index is 13.1. The van der Waals surface area contributed by atoms with Gasteiger partial charge in [-0.2, -0.15) is 0 Å². The molecule has 1 amide bonds. The molecule has 2 atom stereocenters. The number of aliphatic hydroxyl groups excluding tert-OH is 2. The number of carbonyl (C=O) groups is 2. The summed E-state index contributed by atoms with van der Waals surface area (Å²) in [4.78, 5) is 29.7. The minimum Gasteiger partial charge on any atom is -0.444 e. The fourth-order valence-corrected chi connectivity index (χ4v) is 3.83. The molecular weight excluding hydrogens is 496 g/mol. The molecule has 37 heavy (non-hydrogen) atoms. The van der Waals surface area contributed by atoms with E-state index in [1.165, 1.54) is 11.1 Å². The number of amides is 1. The molecule has 0 aliphatic carbocycles. The van der Waals surface area contributed by atoms with Gasteiger partial charge in [-0.15, -0.1) is 0 Å². The van der Waals surface area contributed by atoms with Crippen LogP contribution < -0.4 is 4.74 Å². The Balaban J connectivity index is 1.78. The third-order valence-electron chi connectivity index (χ3n) is 5.42. The highest BCUT2D eigenvalue weighted by Gasteiger charge is 2.30. The number of rotatable bonds is 10. The SMILES string of the molecule is CC(C)(C)OC(=O)N(C[C@@H](O)c1cccc(Cl)c1)[C@H](CO)Cc1ccc(Oc2ncccc2C=O)cc1. The maximum Gasteiger partial charge on any atom is 0.410 e. The molecule has 0 saturated carbocycles. The zero-order valence-electron chi connectivity index (χ0n) is 21.0. The lowest BCUT2D eigenvalue weighted by atomic mass is 10.0. The Kier molecular flexibility index (Phi) is 9.63. The highest BCUT2D eigenvalue weighted by molar-refractivity contribution is 6.30. The van der Waals surface area contributed by atoms with E-state index in [4.69, 9.17) is 21.1 Å². The summed E-state index contributed by atoms with van der Waals surface area (Å²) in [6, 6.07) is 16.4. The molecule has 0 aliphatic heterocycles. The van der Waals surface area contributed by atoms with Crippen LogP contribution in [0.1, 0.15) is 48.4 Å². The number of hydrogen-bond donors (Lipinski definition) is 2. The fourth-order valence-electron chi connectivity index (χ4n) is 3.63. The van der Waals surface area contributed by atoms with Crippen LogP contribution in [0.15, 0.2) is 66.9 Å². The second kappa shape index (κ2) is 12.7. The third kappa shape index (κ3) is 8.28. The summed E-state index contributed by atoms with van der Waals surface area (Å²) in [5, 5.41) is 21.5. The molecule has 0 radical (unpaired) electrons. The van der Waals surface area contributed by atoms with Gasteiger partial charge >= 0.3 is 6.09 Å². The summed E-state index contributed by atoms with van der Waals surface area (Å²) >= 11 is 6.07. The number of nitrogens with zero attached hydrogens (tertiary/aromatic N) is 2. The minimum absolute atomic E-state index is 0.101. The highest BCUT2D eigenvalue weighted by Crippen LogP contribution is 2.25. The topological polar surface area (TPSA) is 109 Å². The zero-order chi connectivity index (χ0) is 27.0. The van der Waals surface area contributed by atoms with Gasteiger partial charge in [0.15, 0.2) is 6.29 Å². The number of halogens is 1. The first-order valence-electron chi connectivity index (χ1n) is 11.8. The van der Waals surface area contributed by atoms with Crippen molar-refractivity contribution in [1.82, 2.24) is 9.88 Å². The van der Waals surface area contributed by atoms with Crippen LogP contribution in [0.25, 0.3) is 0 Å². The second-order valence-electron chi connectivity index (χ2n) is 9.51. The van der Waals surface area contributed by atoms with Crippen LogP contribution in [-0.2, 0) is 11.2 Å². The molecule has 2 N–H and O–H groups in total. The van der Waals surface area contributed by atoms with Crippen molar-refractivity contribution in [1.29, 1.82) is 0 Å². The van der Waals surface area contributed by atoms with Gasteiger partial charge in [0.05, 0.1) is 30.9 Å². The van der Waals surface area contributed by atoms with Crippen LogP contribution in [-0.4, -0.2) is 57.3 Å². The van der Waals surface area contributed by atoms with Crippen molar-refractivity contribution in [3.63, 3.8) is 0 Å². The molecule has 0 aliphatic rings. The Labute approximate surface area is 221 Å². The van der Waals surface area contributed by atoms with Crippen LogP contribution in [0.4, 0.5) is 4.79 Å². The van der Waals surface area contributed by atoms with Gasteiger partial charge in [-0.25, -0.2) is 9.78 Å². The molecule has 0 bridgehead atoms. The molecule has 9 heteroatoms. The lowest BCUT2D eigenvalue weighted by Gasteiger charge is -2.34. The third-order valence-corrected chi connectivity index (χ3v) is 5.65. The van der Waals surface area contributed by atoms with E-state index < -0.39 is 23.8 Å². The molecule has 1 heterocycles. The molecule has 1 aromatic heterocycles. The van der Waals surface area contributed by atoms with E-state index in [1.54, 1.807) is 81.4 Å². The maximum atomic E-state index is 13.1. The number of pyridine rings is 1. The van der Waals surface area contributed by atoms with E-state index >= 15 is 0 Å². The Morgan fingerprint density at radius 1 is 1.14 bits per heavy atom. The van der Waals surface area contributed by atoms with E-state index in [-0.39, 0.29) is 19.0 Å². The molecule has 2 aromatic carbocycles. The molecule has 3 rings (SSSR count). The van der Waals surface area contributed by atoms with Crippen molar-refractivity contribution < 1.29 is 29.3 Å². The molecule has 0 spiro atoms. The summed E-state index contributed by atoms with van der Waals surface area (Å²) in [5.41, 5.74) is 0.928. The molecular formula is C28H31ClN2O6. The molecule has 196 valence electrons. The van der Waals surface area contributed by atoms with Crippen molar-refractivity contribution >= 4 is 24.0 Å². The van der Waals surface area contributed by atoms with E-state index in [9.17, 15) is 19.8 Å². The summed E-state index contributed by atoms with van der Waals surface area (Å²) in [7, 11) is 0. The molecule has 3 aromatic rings. The molecule has 0 fully saturated rings. The van der Waals surface area contributed by atoms with E-state index in [1.807, 2.05) is 0 Å². The number of aldehydes is 1. The quantitative estimate of drug-likeness (QED) is 0.349. The average Bonchev–Trinajstić information content (AvgIpc) is 2.86. The van der Waals surface area contributed by atoms with Gasteiger partial charge in [0.25, 0.3) is 0 Å². The first-order chi connectivity index (χ1) is 17.6. The molecule has 0 unspecified atom stereocenters. The van der Waals surface area contributed by atoms with Crippen LogP contribution in [0.5, 0.6) is 11.6 Å². The van der Waals surface area contributed by atoms with Crippen LogP contribution in [0.3, 0.4) is 0 Å². The molecule has 0 saturated heterocycles. The van der Waals surface area contributed by atoms with Crippen molar-refractivity contribution in [2.24, 2.45) is 0 Å². The largest absolute Gasteiger partial charge is 0.444 e. The monoisotopic (exact) mass is 526 g/mol. The van der Waals surface area contributed by atoms with Crippen LogP contribution in [0, 0.1) is 0 Å². The smallest absolute Gasteiger partial charge is 0.410 e. The normalized spacial score (nSPS) is 12.9. The molecule has 8 nitrogen and oxygen atoms in total. The Bertz CT molecular complexity index is 1200. The van der Waals surface area contributed by atoms with E-state index in [0.717, 1.165) is 5.56 Å². The number of aliphatic hydroxyl groups is 2. The van der Waals surface area contributed by atoms with E-state index in [0.29, 0.717) is 34.6 Å². The van der Waals surface area contributed by atoms with Gasteiger partial charge in [0.1, 0.15) is 11.4 Å². The Morgan fingerprint density at radius 2 is 1.86 bits per heavy atom. The van der Waals surface area contributed by atoms with E-state index in [2.05, 4.69) is 4.98 Å². The van der Waals surface area contributed by atoms with Gasteiger partial charge in [-0.05, 0) is 74.7 Å². The first kappa shape index (κ1) is 28.1. The highest BCUT2D eigenvalue weighted by atomic mass is 35.5.